The Bertz CT molecular complexity index is 262. The summed E-state index contributed by atoms with van der Waals surface area (Å²) in [4.78, 5) is 23.0. The molecule has 110 valence electrons. The quantitative estimate of drug-likeness (QED) is 0.346. The fourth-order valence-electron chi connectivity index (χ4n) is 1.68. The highest BCUT2D eigenvalue weighted by Gasteiger charge is 2.52. The fourth-order valence-corrected chi connectivity index (χ4v) is 1.68. The Morgan fingerprint density at radius 3 is 1.63 bits per heavy atom. The molecule has 2 unspecified atom stereocenters. The Morgan fingerprint density at radius 2 is 1.26 bits per heavy atom. The van der Waals surface area contributed by atoms with E-state index < -0.39 is 24.1 Å². The third-order valence-electron chi connectivity index (χ3n) is 2.94. The largest absolute Gasteiger partial charge is 0.464 e. The molecular weight excluding hydrogens is 248 g/mol. The molecule has 1 saturated heterocycles. The molecule has 0 aliphatic carbocycles. The maximum Gasteiger partial charge on any atom is 0.338 e. The van der Waals surface area contributed by atoms with Gasteiger partial charge in [0, 0.05) is 0 Å². The van der Waals surface area contributed by atoms with Gasteiger partial charge in [0.25, 0.3) is 0 Å². The molecule has 0 spiro atoms. The highest BCUT2D eigenvalue weighted by atomic mass is 16.7. The molecule has 5 heteroatoms. The Hall–Kier alpha value is -1.10. The Balaban J connectivity index is 2.08. The first-order valence-electron chi connectivity index (χ1n) is 7.19. The van der Waals surface area contributed by atoms with Crippen LogP contribution >= 0.6 is 0 Å². The Labute approximate surface area is 114 Å². The molecule has 1 heterocycles. The highest BCUT2D eigenvalue weighted by molar-refractivity contribution is 5.89. The maximum absolute atomic E-state index is 11.5. The molecule has 0 bridgehead atoms. The molecule has 1 aliphatic rings. The van der Waals surface area contributed by atoms with E-state index in [9.17, 15) is 9.59 Å². The lowest BCUT2D eigenvalue weighted by molar-refractivity contribution is -0.147. The molecule has 0 saturated carbocycles. The van der Waals surface area contributed by atoms with Gasteiger partial charge in [-0.3, -0.25) is 0 Å². The summed E-state index contributed by atoms with van der Waals surface area (Å²) in [6.45, 7) is 4.95. The average molecular weight is 272 g/mol. The number of carbonyl (C=O) groups is 2. The molecule has 0 aromatic carbocycles. The van der Waals surface area contributed by atoms with E-state index in [1.165, 1.54) is 0 Å². The van der Waals surface area contributed by atoms with Gasteiger partial charge in [-0.05, 0) is 12.8 Å². The van der Waals surface area contributed by atoms with Crippen molar-refractivity contribution >= 4 is 11.9 Å². The minimum atomic E-state index is -0.750. The Morgan fingerprint density at radius 1 is 0.842 bits per heavy atom. The van der Waals surface area contributed by atoms with Gasteiger partial charge in [0.1, 0.15) is 0 Å². The number of esters is 2. The zero-order valence-corrected chi connectivity index (χ0v) is 11.9. The van der Waals surface area contributed by atoms with Crippen LogP contribution in [0.4, 0.5) is 0 Å². The minimum absolute atomic E-state index is 0.394. The van der Waals surface area contributed by atoms with E-state index in [0.717, 1.165) is 38.5 Å². The summed E-state index contributed by atoms with van der Waals surface area (Å²) >= 11 is 0. The number of unbranched alkanes of at least 4 members (excludes halogenated alkanes) is 4. The van der Waals surface area contributed by atoms with Crippen molar-refractivity contribution in [3.05, 3.63) is 0 Å². The van der Waals surface area contributed by atoms with Crippen LogP contribution in [0, 0.1) is 0 Å². The van der Waals surface area contributed by atoms with Crippen molar-refractivity contribution in [1.82, 2.24) is 0 Å². The molecule has 1 fully saturated rings. The molecular formula is C14H24O5. The number of hydrogen-bond acceptors (Lipinski definition) is 5. The lowest BCUT2D eigenvalue weighted by atomic mass is 10.2. The molecule has 5 nitrogen and oxygen atoms in total. The fraction of sp³-hybridized carbons (Fsp3) is 0.857. The van der Waals surface area contributed by atoms with E-state index in [1.54, 1.807) is 0 Å². The van der Waals surface area contributed by atoms with Crippen LogP contribution in [0.5, 0.6) is 0 Å². The molecule has 1 rings (SSSR count). The zero-order chi connectivity index (χ0) is 14.1. The molecule has 0 aromatic rings. The van der Waals surface area contributed by atoms with Crippen LogP contribution in [-0.2, 0) is 23.8 Å². The van der Waals surface area contributed by atoms with Crippen LogP contribution in [0.1, 0.15) is 52.4 Å². The molecule has 0 N–H and O–H groups in total. The van der Waals surface area contributed by atoms with Crippen molar-refractivity contribution in [2.24, 2.45) is 0 Å². The van der Waals surface area contributed by atoms with Gasteiger partial charge >= 0.3 is 11.9 Å². The SMILES string of the molecule is CCCCCOC(=O)C1OC1C(=O)OCCCCC. The van der Waals surface area contributed by atoms with Crippen molar-refractivity contribution in [1.29, 1.82) is 0 Å². The van der Waals surface area contributed by atoms with Gasteiger partial charge in [0.05, 0.1) is 13.2 Å². The summed E-state index contributed by atoms with van der Waals surface area (Å²) < 4.78 is 15.0. The van der Waals surface area contributed by atoms with Crippen molar-refractivity contribution in [3.63, 3.8) is 0 Å². The van der Waals surface area contributed by atoms with E-state index in [1.807, 2.05) is 0 Å². The lowest BCUT2D eigenvalue weighted by Gasteiger charge is -2.02. The monoisotopic (exact) mass is 272 g/mol. The second-order valence-electron chi connectivity index (χ2n) is 4.73. The first-order chi connectivity index (χ1) is 9.20. The van der Waals surface area contributed by atoms with Crippen LogP contribution in [-0.4, -0.2) is 37.4 Å². The number of epoxide rings is 1. The molecule has 2 atom stereocenters. The second-order valence-corrected chi connectivity index (χ2v) is 4.73. The zero-order valence-electron chi connectivity index (χ0n) is 11.9. The molecule has 0 aromatic heterocycles. The van der Waals surface area contributed by atoms with Gasteiger partial charge < -0.3 is 14.2 Å². The summed E-state index contributed by atoms with van der Waals surface area (Å²) in [7, 11) is 0. The van der Waals surface area contributed by atoms with Crippen LogP contribution in [0.25, 0.3) is 0 Å². The third-order valence-corrected chi connectivity index (χ3v) is 2.94. The van der Waals surface area contributed by atoms with E-state index in [2.05, 4.69) is 13.8 Å². The molecule has 1 aliphatic heterocycles. The molecule has 19 heavy (non-hydrogen) atoms. The third kappa shape index (κ3) is 6.05. The predicted molar refractivity (Wildman–Crippen MR) is 69.6 cm³/mol. The first kappa shape index (κ1) is 16.0. The normalized spacial score (nSPS) is 20.9. The topological polar surface area (TPSA) is 65.1 Å². The van der Waals surface area contributed by atoms with E-state index >= 15 is 0 Å². The summed E-state index contributed by atoms with van der Waals surface area (Å²) in [6.07, 6.45) is 4.40. The maximum atomic E-state index is 11.5. The first-order valence-corrected chi connectivity index (χ1v) is 7.19. The summed E-state index contributed by atoms with van der Waals surface area (Å²) in [5.74, 6) is -0.904. The van der Waals surface area contributed by atoms with Gasteiger partial charge in [-0.15, -0.1) is 0 Å². The molecule has 0 amide bonds. The van der Waals surface area contributed by atoms with Gasteiger partial charge in [0.15, 0.2) is 12.2 Å². The number of rotatable bonds is 10. The van der Waals surface area contributed by atoms with Crippen molar-refractivity contribution in [3.8, 4) is 0 Å². The summed E-state index contributed by atoms with van der Waals surface area (Å²) in [5, 5.41) is 0. The predicted octanol–water partition coefficient (Wildman–Crippen LogP) is 2.22. The average Bonchev–Trinajstić information content (AvgIpc) is 3.20. The van der Waals surface area contributed by atoms with E-state index in [0.29, 0.717) is 13.2 Å². The second kappa shape index (κ2) is 8.91. The number of carbonyl (C=O) groups excluding carboxylic acids is 2. The smallest absolute Gasteiger partial charge is 0.338 e. The van der Waals surface area contributed by atoms with E-state index in [4.69, 9.17) is 14.2 Å². The van der Waals surface area contributed by atoms with Crippen molar-refractivity contribution in [2.75, 3.05) is 13.2 Å². The van der Waals surface area contributed by atoms with Crippen LogP contribution in [0.15, 0.2) is 0 Å². The summed E-state index contributed by atoms with van der Waals surface area (Å²) in [5.41, 5.74) is 0. The van der Waals surface area contributed by atoms with Crippen LogP contribution in [0.3, 0.4) is 0 Å². The standard InChI is InChI=1S/C14H24O5/c1-3-5-7-9-17-13(15)11-12(19-11)14(16)18-10-8-6-4-2/h11-12H,3-10H2,1-2H3. The number of hydrogen-bond donors (Lipinski definition) is 0. The number of ether oxygens (including phenoxy) is 3. The van der Waals surface area contributed by atoms with Crippen LogP contribution < -0.4 is 0 Å². The van der Waals surface area contributed by atoms with Crippen LogP contribution in [0.2, 0.25) is 0 Å². The minimum Gasteiger partial charge on any atom is -0.464 e. The van der Waals surface area contributed by atoms with E-state index in [-0.39, 0.29) is 0 Å². The highest BCUT2D eigenvalue weighted by Crippen LogP contribution is 2.25. The van der Waals surface area contributed by atoms with Crippen molar-refractivity contribution < 1.29 is 23.8 Å². The van der Waals surface area contributed by atoms with Gasteiger partial charge in [-0.25, -0.2) is 9.59 Å². The van der Waals surface area contributed by atoms with Gasteiger partial charge in [-0.2, -0.15) is 0 Å². The molecule has 0 radical (unpaired) electrons. The van der Waals surface area contributed by atoms with Gasteiger partial charge in [0.2, 0.25) is 0 Å². The summed E-state index contributed by atoms with van der Waals surface area (Å²) in [6, 6.07) is 0. The van der Waals surface area contributed by atoms with Gasteiger partial charge in [-0.1, -0.05) is 39.5 Å². The lowest BCUT2D eigenvalue weighted by Crippen LogP contribution is -2.21. The van der Waals surface area contributed by atoms with Crippen molar-refractivity contribution in [2.45, 2.75) is 64.6 Å². The Kier molecular flexibility index (Phi) is 7.48.